The zero-order chi connectivity index (χ0) is 15.5. The molecule has 21 heavy (non-hydrogen) atoms. The van der Waals surface area contributed by atoms with Crippen LogP contribution in [0.1, 0.15) is 46.5 Å². The highest BCUT2D eigenvalue weighted by Crippen LogP contribution is 2.39. The van der Waals surface area contributed by atoms with Crippen molar-refractivity contribution in [2.45, 2.75) is 64.2 Å². The van der Waals surface area contributed by atoms with E-state index in [4.69, 9.17) is 9.47 Å². The van der Waals surface area contributed by atoms with Crippen LogP contribution in [0.3, 0.4) is 0 Å². The standard InChI is InChI=1S/C17H34N2O2/c1-16(2,3)18-12-17(8-6-7-9-17)13-19-10-14(20-4)15(11-19)21-5/h14-15,18H,6-13H2,1-5H3. The summed E-state index contributed by atoms with van der Waals surface area (Å²) >= 11 is 0. The number of ether oxygens (including phenoxy) is 2. The number of likely N-dealkylation sites (tertiary alicyclic amines) is 1. The van der Waals surface area contributed by atoms with E-state index >= 15 is 0 Å². The number of rotatable bonds is 6. The van der Waals surface area contributed by atoms with E-state index in [1.165, 1.54) is 32.2 Å². The van der Waals surface area contributed by atoms with Gasteiger partial charge in [0.1, 0.15) is 0 Å². The minimum atomic E-state index is 0.199. The van der Waals surface area contributed by atoms with Gasteiger partial charge in [-0.05, 0) is 39.0 Å². The molecule has 2 unspecified atom stereocenters. The highest BCUT2D eigenvalue weighted by molar-refractivity contribution is 4.95. The van der Waals surface area contributed by atoms with E-state index in [0.717, 1.165) is 19.6 Å². The van der Waals surface area contributed by atoms with E-state index in [1.54, 1.807) is 14.2 Å². The van der Waals surface area contributed by atoms with Crippen LogP contribution in [0, 0.1) is 5.41 Å². The first-order chi connectivity index (χ1) is 9.87. The van der Waals surface area contributed by atoms with Crippen molar-refractivity contribution in [1.82, 2.24) is 10.2 Å². The van der Waals surface area contributed by atoms with Gasteiger partial charge in [-0.2, -0.15) is 0 Å². The second-order valence-corrected chi connectivity index (χ2v) is 8.05. The van der Waals surface area contributed by atoms with Crippen molar-refractivity contribution in [2.24, 2.45) is 5.41 Å². The quantitative estimate of drug-likeness (QED) is 0.816. The van der Waals surface area contributed by atoms with E-state index in [9.17, 15) is 0 Å². The summed E-state index contributed by atoms with van der Waals surface area (Å²) in [6.45, 7) is 11.1. The van der Waals surface area contributed by atoms with Crippen LogP contribution in [-0.2, 0) is 9.47 Å². The average Bonchev–Trinajstić information content (AvgIpc) is 3.03. The van der Waals surface area contributed by atoms with Gasteiger partial charge >= 0.3 is 0 Å². The first kappa shape index (κ1) is 17.2. The molecule has 0 aromatic carbocycles. The summed E-state index contributed by atoms with van der Waals surface area (Å²) in [7, 11) is 3.60. The predicted molar refractivity (Wildman–Crippen MR) is 86.7 cm³/mol. The Morgan fingerprint density at radius 2 is 1.57 bits per heavy atom. The van der Waals surface area contributed by atoms with Crippen LogP contribution in [0.25, 0.3) is 0 Å². The molecule has 124 valence electrons. The Kier molecular flexibility index (Phi) is 5.69. The third-order valence-corrected chi connectivity index (χ3v) is 5.11. The lowest BCUT2D eigenvalue weighted by Crippen LogP contribution is -2.47. The molecular weight excluding hydrogens is 264 g/mol. The maximum absolute atomic E-state index is 5.57. The molecule has 1 aliphatic heterocycles. The molecule has 2 atom stereocenters. The molecule has 1 aliphatic carbocycles. The summed E-state index contributed by atoms with van der Waals surface area (Å²) in [5.41, 5.74) is 0.638. The molecule has 1 saturated carbocycles. The average molecular weight is 298 g/mol. The van der Waals surface area contributed by atoms with E-state index in [0.29, 0.717) is 5.41 Å². The minimum Gasteiger partial charge on any atom is -0.377 e. The number of hydrogen-bond acceptors (Lipinski definition) is 4. The highest BCUT2D eigenvalue weighted by Gasteiger charge is 2.40. The molecule has 1 N–H and O–H groups in total. The first-order valence-electron chi connectivity index (χ1n) is 8.40. The Morgan fingerprint density at radius 3 is 2.00 bits per heavy atom. The van der Waals surface area contributed by atoms with Crippen molar-refractivity contribution in [3.63, 3.8) is 0 Å². The summed E-state index contributed by atoms with van der Waals surface area (Å²) in [4.78, 5) is 2.55. The number of nitrogens with zero attached hydrogens (tertiary/aromatic N) is 1. The Hall–Kier alpha value is -0.160. The van der Waals surface area contributed by atoms with Crippen LogP contribution in [-0.4, -0.2) is 63.0 Å². The number of hydrogen-bond donors (Lipinski definition) is 1. The summed E-state index contributed by atoms with van der Waals surface area (Å²) in [5.74, 6) is 0. The molecule has 1 saturated heterocycles. The van der Waals surface area contributed by atoms with Gasteiger partial charge in [0.15, 0.2) is 0 Å². The maximum atomic E-state index is 5.57. The smallest absolute Gasteiger partial charge is 0.0971 e. The van der Waals surface area contributed by atoms with Gasteiger partial charge in [0, 0.05) is 45.9 Å². The van der Waals surface area contributed by atoms with Gasteiger partial charge in [-0.25, -0.2) is 0 Å². The Morgan fingerprint density at radius 1 is 1.05 bits per heavy atom. The van der Waals surface area contributed by atoms with Gasteiger partial charge in [-0.15, -0.1) is 0 Å². The lowest BCUT2D eigenvalue weighted by molar-refractivity contribution is -0.00461. The highest BCUT2D eigenvalue weighted by atomic mass is 16.5. The van der Waals surface area contributed by atoms with Crippen LogP contribution in [0.5, 0.6) is 0 Å². The molecule has 2 rings (SSSR count). The zero-order valence-corrected chi connectivity index (χ0v) is 14.6. The van der Waals surface area contributed by atoms with Gasteiger partial charge in [0.25, 0.3) is 0 Å². The number of methoxy groups -OCH3 is 2. The zero-order valence-electron chi connectivity index (χ0n) is 14.6. The minimum absolute atomic E-state index is 0.199. The van der Waals surface area contributed by atoms with E-state index in [-0.39, 0.29) is 17.7 Å². The van der Waals surface area contributed by atoms with Gasteiger partial charge in [-0.1, -0.05) is 12.8 Å². The second-order valence-electron chi connectivity index (χ2n) is 8.05. The van der Waals surface area contributed by atoms with Gasteiger partial charge in [0.05, 0.1) is 12.2 Å². The van der Waals surface area contributed by atoms with Crippen molar-refractivity contribution < 1.29 is 9.47 Å². The molecule has 0 aromatic rings. The molecule has 4 nitrogen and oxygen atoms in total. The fourth-order valence-corrected chi connectivity index (χ4v) is 3.84. The van der Waals surface area contributed by atoms with E-state index in [1.807, 2.05) is 0 Å². The first-order valence-corrected chi connectivity index (χ1v) is 8.40. The second kappa shape index (κ2) is 6.95. The molecule has 1 heterocycles. The van der Waals surface area contributed by atoms with Crippen molar-refractivity contribution in [2.75, 3.05) is 40.4 Å². The maximum Gasteiger partial charge on any atom is 0.0971 e. The van der Waals surface area contributed by atoms with Crippen LogP contribution in [0.4, 0.5) is 0 Å². The normalized spacial score (nSPS) is 30.1. The molecule has 0 amide bonds. The molecule has 0 bridgehead atoms. The van der Waals surface area contributed by atoms with Crippen LogP contribution in [0.15, 0.2) is 0 Å². The van der Waals surface area contributed by atoms with E-state index < -0.39 is 0 Å². The lowest BCUT2D eigenvalue weighted by atomic mass is 9.84. The monoisotopic (exact) mass is 298 g/mol. The van der Waals surface area contributed by atoms with Crippen LogP contribution >= 0.6 is 0 Å². The number of nitrogens with one attached hydrogen (secondary N) is 1. The summed E-state index contributed by atoms with van der Waals surface area (Å²) < 4.78 is 11.1. The van der Waals surface area contributed by atoms with Crippen LogP contribution in [0.2, 0.25) is 0 Å². The van der Waals surface area contributed by atoms with Gasteiger partial charge < -0.3 is 14.8 Å². The van der Waals surface area contributed by atoms with Crippen molar-refractivity contribution in [1.29, 1.82) is 0 Å². The van der Waals surface area contributed by atoms with Crippen LogP contribution < -0.4 is 5.32 Å². The fraction of sp³-hybridized carbons (Fsp3) is 1.00. The fourth-order valence-electron chi connectivity index (χ4n) is 3.84. The third-order valence-electron chi connectivity index (χ3n) is 5.11. The molecule has 0 radical (unpaired) electrons. The van der Waals surface area contributed by atoms with Crippen molar-refractivity contribution in [3.05, 3.63) is 0 Å². The summed E-state index contributed by atoms with van der Waals surface area (Å²) in [6.07, 6.45) is 5.90. The lowest BCUT2D eigenvalue weighted by Gasteiger charge is -2.36. The predicted octanol–water partition coefficient (Wildman–Crippen LogP) is 2.28. The topological polar surface area (TPSA) is 33.7 Å². The molecule has 2 aliphatic rings. The molecule has 0 spiro atoms. The van der Waals surface area contributed by atoms with Gasteiger partial charge in [0.2, 0.25) is 0 Å². The molecule has 0 aromatic heterocycles. The third kappa shape index (κ3) is 4.65. The molecule has 2 fully saturated rings. The Bertz CT molecular complexity index is 309. The summed E-state index contributed by atoms with van der Waals surface area (Å²) in [5, 5.41) is 3.74. The summed E-state index contributed by atoms with van der Waals surface area (Å²) in [6, 6.07) is 0. The molecule has 4 heteroatoms. The van der Waals surface area contributed by atoms with Crippen molar-refractivity contribution in [3.8, 4) is 0 Å². The van der Waals surface area contributed by atoms with Crippen molar-refractivity contribution >= 4 is 0 Å². The van der Waals surface area contributed by atoms with E-state index in [2.05, 4.69) is 31.0 Å². The van der Waals surface area contributed by atoms with Gasteiger partial charge in [-0.3, -0.25) is 4.90 Å². The largest absolute Gasteiger partial charge is 0.377 e. The Balaban J connectivity index is 1.94. The SMILES string of the molecule is COC1CN(CC2(CNC(C)(C)C)CCCC2)CC1OC. The molecular formula is C17H34N2O2. The Labute approximate surface area is 130 Å².